The van der Waals surface area contributed by atoms with E-state index >= 15 is 0 Å². The first-order valence-electron chi connectivity index (χ1n) is 7.84. The van der Waals surface area contributed by atoms with Gasteiger partial charge in [-0.15, -0.1) is 0 Å². The van der Waals surface area contributed by atoms with Crippen molar-refractivity contribution < 1.29 is 5.11 Å². The molecule has 1 saturated heterocycles. The van der Waals surface area contributed by atoms with Crippen LogP contribution in [-0.4, -0.2) is 39.2 Å². The third-order valence-electron chi connectivity index (χ3n) is 4.80. The predicted octanol–water partition coefficient (Wildman–Crippen LogP) is 1.91. The molecule has 0 bridgehead atoms. The van der Waals surface area contributed by atoms with Gasteiger partial charge in [0.25, 0.3) is 5.56 Å². The second kappa shape index (κ2) is 5.82. The van der Waals surface area contributed by atoms with E-state index in [9.17, 15) is 9.90 Å². The van der Waals surface area contributed by atoms with Gasteiger partial charge in [-0.05, 0) is 36.9 Å². The van der Waals surface area contributed by atoms with Crippen molar-refractivity contribution in [1.29, 1.82) is 0 Å². The molecule has 1 unspecified atom stereocenters. The number of piperidine rings is 1. The lowest BCUT2D eigenvalue weighted by molar-refractivity contribution is -0.00512. The predicted molar refractivity (Wildman–Crippen MR) is 86.7 cm³/mol. The topological polar surface area (TPSA) is 69.2 Å². The van der Waals surface area contributed by atoms with Gasteiger partial charge in [0.2, 0.25) is 0 Å². The molecule has 0 spiro atoms. The van der Waals surface area contributed by atoms with E-state index in [-0.39, 0.29) is 23.6 Å². The first-order chi connectivity index (χ1) is 10.5. The molecule has 5 nitrogen and oxygen atoms in total. The fraction of sp³-hybridized carbons (Fsp3) is 0.529. The van der Waals surface area contributed by atoms with Crippen LogP contribution in [0.2, 0.25) is 0 Å². The minimum Gasteiger partial charge on any atom is -0.395 e. The lowest BCUT2D eigenvalue weighted by Crippen LogP contribution is -2.51. The second-order valence-corrected chi connectivity index (χ2v) is 6.79. The van der Waals surface area contributed by atoms with Gasteiger partial charge >= 0.3 is 0 Å². The second-order valence-electron chi connectivity index (χ2n) is 6.79. The summed E-state index contributed by atoms with van der Waals surface area (Å²) in [6.07, 6.45) is 2.21. The number of rotatable bonds is 3. The van der Waals surface area contributed by atoms with Gasteiger partial charge in [-0.25, -0.2) is 4.98 Å². The molecule has 1 aromatic carbocycles. The van der Waals surface area contributed by atoms with Gasteiger partial charge in [0.05, 0.1) is 24.1 Å². The van der Waals surface area contributed by atoms with Crippen LogP contribution in [0.15, 0.2) is 29.1 Å². The Kier molecular flexibility index (Phi) is 4.02. The van der Waals surface area contributed by atoms with Gasteiger partial charge in [-0.2, -0.15) is 0 Å². The highest BCUT2D eigenvalue weighted by molar-refractivity contribution is 5.77. The lowest BCUT2D eigenvalue weighted by atomic mass is 9.76. The summed E-state index contributed by atoms with van der Waals surface area (Å²) in [5.41, 5.74) is 0.694. The third kappa shape index (κ3) is 2.78. The molecule has 1 aliphatic heterocycles. The highest BCUT2D eigenvalue weighted by Gasteiger charge is 2.37. The maximum atomic E-state index is 12.2. The van der Waals surface area contributed by atoms with Crippen LogP contribution in [0, 0.1) is 5.41 Å². The summed E-state index contributed by atoms with van der Waals surface area (Å²) in [6.45, 7) is 6.00. The minimum absolute atomic E-state index is 0.0736. The summed E-state index contributed by atoms with van der Waals surface area (Å²) < 4.78 is 0. The zero-order valence-corrected chi connectivity index (χ0v) is 13.2. The highest BCUT2D eigenvalue weighted by Crippen LogP contribution is 2.35. The summed E-state index contributed by atoms with van der Waals surface area (Å²) in [7, 11) is 0. The lowest BCUT2D eigenvalue weighted by Gasteiger charge is -2.45. The molecule has 1 aromatic heterocycles. The normalized spacial score (nSPS) is 22.0. The Balaban J connectivity index is 1.90. The van der Waals surface area contributed by atoms with Gasteiger partial charge in [-0.3, -0.25) is 9.69 Å². The van der Waals surface area contributed by atoms with E-state index < -0.39 is 0 Å². The van der Waals surface area contributed by atoms with Crippen LogP contribution >= 0.6 is 0 Å². The molecule has 0 aliphatic carbocycles. The summed E-state index contributed by atoms with van der Waals surface area (Å²) >= 11 is 0. The minimum atomic E-state index is -0.0996. The Labute approximate surface area is 130 Å². The Hall–Kier alpha value is -1.72. The van der Waals surface area contributed by atoms with E-state index in [0.29, 0.717) is 17.8 Å². The van der Waals surface area contributed by atoms with Crippen LogP contribution in [0.3, 0.4) is 0 Å². The molecule has 2 heterocycles. The van der Waals surface area contributed by atoms with Crippen LogP contribution in [0.5, 0.6) is 0 Å². The first-order valence-corrected chi connectivity index (χ1v) is 7.84. The Morgan fingerprint density at radius 2 is 2.18 bits per heavy atom. The molecule has 118 valence electrons. The molecule has 0 amide bonds. The van der Waals surface area contributed by atoms with Crippen molar-refractivity contribution >= 4 is 10.9 Å². The number of hydrogen-bond acceptors (Lipinski definition) is 4. The number of nitrogens with one attached hydrogen (secondary N) is 1. The van der Waals surface area contributed by atoms with Crippen LogP contribution in [0.1, 0.15) is 32.5 Å². The molecule has 1 fully saturated rings. The van der Waals surface area contributed by atoms with E-state index in [0.717, 1.165) is 24.9 Å². The van der Waals surface area contributed by atoms with Crippen molar-refractivity contribution in [2.24, 2.45) is 5.41 Å². The van der Waals surface area contributed by atoms with Crippen LogP contribution < -0.4 is 5.56 Å². The number of aromatic amines is 1. The number of aliphatic hydroxyl groups excluding tert-OH is 1. The van der Waals surface area contributed by atoms with Gasteiger partial charge in [0.1, 0.15) is 5.82 Å². The number of aromatic nitrogens is 2. The number of fused-ring (bicyclic) bond motifs is 1. The molecule has 2 aromatic rings. The monoisotopic (exact) mass is 301 g/mol. The molecule has 0 radical (unpaired) electrons. The van der Waals surface area contributed by atoms with Crippen molar-refractivity contribution in [3.8, 4) is 0 Å². The van der Waals surface area contributed by atoms with Gasteiger partial charge in [0, 0.05) is 6.04 Å². The summed E-state index contributed by atoms with van der Waals surface area (Å²) in [5, 5.41) is 10.4. The highest BCUT2D eigenvalue weighted by atomic mass is 16.3. The average Bonchev–Trinajstić information content (AvgIpc) is 2.47. The Bertz CT molecular complexity index is 723. The number of para-hydroxylation sites is 1. The maximum absolute atomic E-state index is 12.2. The van der Waals surface area contributed by atoms with Gasteiger partial charge < -0.3 is 10.1 Å². The van der Waals surface area contributed by atoms with Crippen molar-refractivity contribution in [1.82, 2.24) is 14.9 Å². The first kappa shape index (κ1) is 15.2. The van der Waals surface area contributed by atoms with E-state index in [1.54, 1.807) is 6.07 Å². The fourth-order valence-corrected chi connectivity index (χ4v) is 3.51. The van der Waals surface area contributed by atoms with Gasteiger partial charge in [0.15, 0.2) is 0 Å². The molecule has 5 heteroatoms. The molecule has 3 rings (SSSR count). The summed E-state index contributed by atoms with van der Waals surface area (Å²) in [4.78, 5) is 21.8. The molecule has 1 atom stereocenters. The number of hydrogen-bond donors (Lipinski definition) is 2. The van der Waals surface area contributed by atoms with E-state index in [1.807, 2.05) is 18.2 Å². The molecule has 2 N–H and O–H groups in total. The van der Waals surface area contributed by atoms with Crippen molar-refractivity contribution in [2.45, 2.75) is 39.3 Å². The maximum Gasteiger partial charge on any atom is 0.258 e. The molecule has 22 heavy (non-hydrogen) atoms. The molecule has 1 aliphatic rings. The Morgan fingerprint density at radius 1 is 1.41 bits per heavy atom. The molecule has 0 saturated carbocycles. The smallest absolute Gasteiger partial charge is 0.258 e. The van der Waals surface area contributed by atoms with Crippen molar-refractivity contribution in [3.05, 3.63) is 40.4 Å². The quantitative estimate of drug-likeness (QED) is 0.908. The van der Waals surface area contributed by atoms with E-state index in [4.69, 9.17) is 0 Å². The zero-order valence-electron chi connectivity index (χ0n) is 13.2. The number of H-pyrrole nitrogens is 1. The van der Waals surface area contributed by atoms with E-state index in [2.05, 4.69) is 28.7 Å². The SMILES string of the molecule is CC1(C)CCCN(Cc2nc3ccccc3c(=O)[nH]2)C1CO. The number of nitrogens with zero attached hydrogens (tertiary/aromatic N) is 2. The molecular weight excluding hydrogens is 278 g/mol. The van der Waals surface area contributed by atoms with Crippen LogP contribution in [0.25, 0.3) is 10.9 Å². The summed E-state index contributed by atoms with van der Waals surface area (Å²) in [5.74, 6) is 0.667. The third-order valence-corrected chi connectivity index (χ3v) is 4.80. The number of likely N-dealkylation sites (tertiary alicyclic amines) is 1. The average molecular weight is 301 g/mol. The fourth-order valence-electron chi connectivity index (χ4n) is 3.51. The van der Waals surface area contributed by atoms with Crippen molar-refractivity contribution in [3.63, 3.8) is 0 Å². The van der Waals surface area contributed by atoms with Crippen LogP contribution in [0.4, 0.5) is 0 Å². The molecular formula is C17H23N3O2. The zero-order chi connectivity index (χ0) is 15.7. The Morgan fingerprint density at radius 3 is 2.95 bits per heavy atom. The van der Waals surface area contributed by atoms with Gasteiger partial charge in [-0.1, -0.05) is 26.0 Å². The number of benzene rings is 1. The summed E-state index contributed by atoms with van der Waals surface area (Å²) in [6, 6.07) is 7.47. The van der Waals surface area contributed by atoms with Crippen molar-refractivity contribution in [2.75, 3.05) is 13.2 Å². The largest absolute Gasteiger partial charge is 0.395 e. The van der Waals surface area contributed by atoms with Crippen LogP contribution in [-0.2, 0) is 6.54 Å². The standard InChI is InChI=1S/C17H23N3O2/c1-17(2)8-5-9-20(14(17)11-21)10-15-18-13-7-4-3-6-12(13)16(22)19-15/h3-4,6-7,14,21H,5,8-11H2,1-2H3,(H,18,19,22). The van der Waals surface area contributed by atoms with E-state index in [1.165, 1.54) is 0 Å². The number of aliphatic hydroxyl groups is 1.